The van der Waals surface area contributed by atoms with E-state index in [4.69, 9.17) is 34.0 Å². The first-order valence-electron chi connectivity index (χ1n) is 5.55. The molecule has 8 nitrogen and oxygen atoms in total. The van der Waals surface area contributed by atoms with E-state index in [-0.39, 0.29) is 6.61 Å². The molecule has 0 spiro atoms. The largest absolute Gasteiger partial charge is 0.392 e. The molecule has 1 fully saturated rings. The molecule has 0 aliphatic carbocycles. The number of nitrogens with one attached hydrogen (secondary N) is 3. The van der Waals surface area contributed by atoms with Crippen LogP contribution in [0.2, 0.25) is 10.0 Å². The monoisotopic (exact) mass is 334 g/mol. The van der Waals surface area contributed by atoms with Gasteiger partial charge in [0.25, 0.3) is 5.91 Å². The number of primary amides is 1. The van der Waals surface area contributed by atoms with E-state index in [1.165, 1.54) is 0 Å². The van der Waals surface area contributed by atoms with Gasteiger partial charge in [-0.15, -0.1) is 0 Å². The number of rotatable bonds is 2. The van der Waals surface area contributed by atoms with Gasteiger partial charge in [-0.25, -0.2) is 9.59 Å². The lowest BCUT2D eigenvalue weighted by Crippen LogP contribution is -2.48. The minimum atomic E-state index is -1.04. The zero-order chi connectivity index (χ0) is 16.0. The molecule has 21 heavy (non-hydrogen) atoms. The summed E-state index contributed by atoms with van der Waals surface area (Å²) in [5, 5.41) is 15.8. The average Bonchev–Trinajstić information content (AvgIpc) is 2.68. The fourth-order valence-corrected chi connectivity index (χ4v) is 1.78. The van der Waals surface area contributed by atoms with E-state index >= 15 is 0 Å². The van der Waals surface area contributed by atoms with E-state index in [1.807, 2.05) is 10.6 Å². The Morgan fingerprint density at radius 1 is 1.38 bits per heavy atom. The summed E-state index contributed by atoms with van der Waals surface area (Å²) in [6, 6.07) is 3.49. The van der Waals surface area contributed by atoms with Crippen LogP contribution in [-0.2, 0) is 11.4 Å². The van der Waals surface area contributed by atoms with Crippen LogP contribution in [-0.4, -0.2) is 29.2 Å². The predicted octanol–water partition coefficient (Wildman–Crippen LogP) is 0.306. The number of hydrogen-bond donors (Lipinski definition) is 5. The quantitative estimate of drug-likeness (QED) is 0.497. The van der Waals surface area contributed by atoms with Gasteiger partial charge >= 0.3 is 12.1 Å². The Bertz CT molecular complexity index is 567. The molecule has 1 unspecified atom stereocenters. The topological polar surface area (TPSA) is 134 Å². The molecule has 114 valence electrons. The predicted molar refractivity (Wildman–Crippen MR) is 75.6 cm³/mol. The minimum Gasteiger partial charge on any atom is -0.392 e. The second-order valence-corrected chi connectivity index (χ2v) is 4.64. The fourth-order valence-electron chi connectivity index (χ4n) is 1.31. The molecule has 2 rings (SSSR count). The third-order valence-corrected chi connectivity index (χ3v) is 2.83. The first-order valence-corrected chi connectivity index (χ1v) is 6.31. The normalized spacial score (nSPS) is 16.4. The van der Waals surface area contributed by atoms with Gasteiger partial charge in [-0.2, -0.15) is 0 Å². The van der Waals surface area contributed by atoms with Gasteiger partial charge in [0.2, 0.25) is 0 Å². The minimum absolute atomic E-state index is 0.0456. The zero-order valence-corrected chi connectivity index (χ0v) is 12.0. The molecule has 6 N–H and O–H groups in total. The number of halogens is 2. The molecule has 10 heteroatoms. The molecule has 1 saturated heterocycles. The van der Waals surface area contributed by atoms with E-state index in [2.05, 4.69) is 5.32 Å². The Morgan fingerprint density at radius 2 is 2.05 bits per heavy atom. The van der Waals surface area contributed by atoms with E-state index in [1.54, 1.807) is 18.2 Å². The standard InChI is InChI=1S/C7H6Cl2O.C4H6N4O3/c8-6-2-1-5(4-10)7(9)3-6;5-3(10)6-1-2(9)8-4(11)7-1/h1-3,10H,4H2;1H,(H3,5,6,10)(H2,7,8,9,11). The maximum atomic E-state index is 10.7. The molecule has 1 atom stereocenters. The van der Waals surface area contributed by atoms with Gasteiger partial charge in [-0.05, 0) is 17.7 Å². The third-order valence-electron chi connectivity index (χ3n) is 2.25. The second kappa shape index (κ2) is 7.67. The van der Waals surface area contributed by atoms with E-state index in [0.717, 1.165) is 0 Å². The van der Waals surface area contributed by atoms with Crippen LogP contribution in [0.1, 0.15) is 5.56 Å². The molecular weight excluding hydrogens is 323 g/mol. The summed E-state index contributed by atoms with van der Waals surface area (Å²) in [6.45, 7) is -0.0456. The van der Waals surface area contributed by atoms with Crippen molar-refractivity contribution in [2.24, 2.45) is 5.73 Å². The van der Waals surface area contributed by atoms with Gasteiger partial charge in [0, 0.05) is 10.0 Å². The molecule has 0 saturated carbocycles. The highest BCUT2D eigenvalue weighted by atomic mass is 35.5. The molecule has 0 bridgehead atoms. The molecule has 0 aromatic heterocycles. The van der Waals surface area contributed by atoms with Crippen LogP contribution in [0.3, 0.4) is 0 Å². The van der Waals surface area contributed by atoms with Crippen molar-refractivity contribution >= 4 is 41.2 Å². The van der Waals surface area contributed by atoms with Crippen LogP contribution in [0.5, 0.6) is 0 Å². The number of carbonyl (C=O) groups excluding carboxylic acids is 3. The summed E-state index contributed by atoms with van der Waals surface area (Å²) in [5.74, 6) is -0.617. The highest BCUT2D eigenvalue weighted by Crippen LogP contribution is 2.20. The first kappa shape index (κ1) is 17.0. The van der Waals surface area contributed by atoms with Crippen molar-refractivity contribution in [1.29, 1.82) is 0 Å². The van der Waals surface area contributed by atoms with Gasteiger partial charge in [-0.3, -0.25) is 10.1 Å². The molecular formula is C11H12Cl2N4O4. The van der Waals surface area contributed by atoms with Crippen molar-refractivity contribution in [2.75, 3.05) is 0 Å². The maximum Gasteiger partial charge on any atom is 0.323 e. The number of aliphatic hydroxyl groups is 1. The number of benzene rings is 1. The number of carbonyl (C=O) groups is 3. The van der Waals surface area contributed by atoms with E-state index in [0.29, 0.717) is 15.6 Å². The number of nitrogens with two attached hydrogens (primary N) is 1. The highest BCUT2D eigenvalue weighted by Gasteiger charge is 2.29. The van der Waals surface area contributed by atoms with Gasteiger partial charge in [0.1, 0.15) is 0 Å². The van der Waals surface area contributed by atoms with Crippen LogP contribution < -0.4 is 21.7 Å². The zero-order valence-electron chi connectivity index (χ0n) is 10.5. The van der Waals surface area contributed by atoms with Crippen molar-refractivity contribution in [3.8, 4) is 0 Å². The summed E-state index contributed by atoms with van der Waals surface area (Å²) in [6.07, 6.45) is -1.04. The van der Waals surface area contributed by atoms with Crippen molar-refractivity contribution in [3.63, 3.8) is 0 Å². The molecule has 5 amide bonds. The van der Waals surface area contributed by atoms with Crippen molar-refractivity contribution in [1.82, 2.24) is 16.0 Å². The summed E-state index contributed by atoms with van der Waals surface area (Å²) in [4.78, 5) is 31.3. The third kappa shape index (κ3) is 5.46. The van der Waals surface area contributed by atoms with E-state index < -0.39 is 24.1 Å². The Morgan fingerprint density at radius 3 is 2.48 bits per heavy atom. The van der Waals surface area contributed by atoms with Crippen LogP contribution in [0.15, 0.2) is 18.2 Å². The molecule has 1 heterocycles. The van der Waals surface area contributed by atoms with Crippen LogP contribution in [0, 0.1) is 0 Å². The van der Waals surface area contributed by atoms with Crippen LogP contribution in [0.25, 0.3) is 0 Å². The Hall–Kier alpha value is -2.03. The molecule has 1 aliphatic heterocycles. The molecule has 1 aromatic carbocycles. The van der Waals surface area contributed by atoms with Gasteiger partial charge < -0.3 is 21.5 Å². The molecule has 1 aliphatic rings. The number of aliphatic hydroxyl groups excluding tert-OH is 1. The maximum absolute atomic E-state index is 10.7. The number of imide groups is 1. The number of amides is 5. The lowest BCUT2D eigenvalue weighted by molar-refractivity contribution is -0.120. The summed E-state index contributed by atoms with van der Waals surface area (Å²) >= 11 is 11.3. The lowest BCUT2D eigenvalue weighted by Gasteiger charge is -2.05. The number of hydrogen-bond acceptors (Lipinski definition) is 4. The Balaban J connectivity index is 0.000000211. The smallest absolute Gasteiger partial charge is 0.323 e. The van der Waals surface area contributed by atoms with Crippen molar-refractivity contribution in [2.45, 2.75) is 12.8 Å². The summed E-state index contributed by atoms with van der Waals surface area (Å²) < 4.78 is 0. The Labute approximate surface area is 129 Å². The first-order chi connectivity index (χ1) is 9.83. The molecule has 1 aromatic rings. The Kier molecular flexibility index (Phi) is 6.22. The highest BCUT2D eigenvalue weighted by molar-refractivity contribution is 6.35. The van der Waals surface area contributed by atoms with Crippen LogP contribution in [0.4, 0.5) is 9.59 Å². The lowest BCUT2D eigenvalue weighted by atomic mass is 10.2. The second-order valence-electron chi connectivity index (χ2n) is 3.80. The van der Waals surface area contributed by atoms with Crippen molar-refractivity contribution in [3.05, 3.63) is 33.8 Å². The van der Waals surface area contributed by atoms with Gasteiger partial charge in [0.15, 0.2) is 6.17 Å². The SMILES string of the molecule is NC(=O)NC1NC(=O)NC1=O.OCc1ccc(Cl)cc1Cl. The average molecular weight is 335 g/mol. The van der Waals surface area contributed by atoms with Gasteiger partial charge in [0.05, 0.1) is 6.61 Å². The van der Waals surface area contributed by atoms with E-state index in [9.17, 15) is 14.4 Å². The fraction of sp³-hybridized carbons (Fsp3) is 0.182. The van der Waals surface area contributed by atoms with Crippen LogP contribution >= 0.6 is 23.2 Å². The number of urea groups is 2. The van der Waals surface area contributed by atoms with Gasteiger partial charge in [-0.1, -0.05) is 29.3 Å². The summed E-state index contributed by atoms with van der Waals surface area (Å²) in [5.41, 5.74) is 5.40. The molecule has 0 radical (unpaired) electrons. The van der Waals surface area contributed by atoms with Crippen molar-refractivity contribution < 1.29 is 19.5 Å². The summed E-state index contributed by atoms with van der Waals surface area (Å²) in [7, 11) is 0.